The van der Waals surface area contributed by atoms with Crippen LogP contribution in [0, 0.1) is 17.2 Å². The highest BCUT2D eigenvalue weighted by molar-refractivity contribution is 5.78. The van der Waals surface area contributed by atoms with E-state index in [2.05, 4.69) is 47.2 Å². The monoisotopic (exact) mass is 412 g/mol. The quantitative estimate of drug-likeness (QED) is 0.707. The van der Waals surface area contributed by atoms with E-state index in [-0.39, 0.29) is 24.5 Å². The molecular weight excluding hydrogens is 376 g/mol. The molecule has 2 aliphatic rings. The number of nitrogens with zero attached hydrogens (tertiary/aromatic N) is 3. The highest BCUT2D eigenvalue weighted by Gasteiger charge is 2.24. The molecule has 1 aliphatic carbocycles. The van der Waals surface area contributed by atoms with Gasteiger partial charge in [-0.2, -0.15) is 5.26 Å². The van der Waals surface area contributed by atoms with Gasteiger partial charge in [0, 0.05) is 44.0 Å². The minimum absolute atomic E-state index is 0.0268. The molecule has 2 fully saturated rings. The second-order valence-corrected chi connectivity index (χ2v) is 8.90. The van der Waals surface area contributed by atoms with E-state index in [1.807, 2.05) is 12.1 Å². The number of benzene rings is 1. The minimum Gasteiger partial charge on any atom is -0.491 e. The molecule has 0 aromatic heterocycles. The summed E-state index contributed by atoms with van der Waals surface area (Å²) in [7, 11) is 0. The molecule has 0 radical (unpaired) electrons. The van der Waals surface area contributed by atoms with Gasteiger partial charge in [0.05, 0.1) is 12.2 Å². The van der Waals surface area contributed by atoms with Crippen LogP contribution in [0.5, 0.6) is 5.75 Å². The molecule has 1 amide bonds. The number of carbonyl (C=O) groups excluding carboxylic acids is 1. The molecule has 1 aromatic rings. The van der Waals surface area contributed by atoms with Crippen molar-refractivity contribution in [2.75, 3.05) is 37.6 Å². The van der Waals surface area contributed by atoms with Gasteiger partial charge in [-0.1, -0.05) is 6.07 Å². The average molecular weight is 413 g/mol. The summed E-state index contributed by atoms with van der Waals surface area (Å²) in [6.07, 6.45) is 5.87. The molecule has 1 aliphatic heterocycles. The zero-order chi connectivity index (χ0) is 21.3. The SMILES string of the molecule is CC(C)Oc1cccc(N2CCN(CCC3CCC(NC(=O)CC#N)CC3)CC2)c1. The van der Waals surface area contributed by atoms with E-state index >= 15 is 0 Å². The number of nitriles is 1. The van der Waals surface area contributed by atoms with Crippen molar-refractivity contribution in [3.8, 4) is 11.8 Å². The third-order valence-electron chi connectivity index (χ3n) is 6.23. The second kappa shape index (κ2) is 11.2. The third-order valence-corrected chi connectivity index (χ3v) is 6.23. The van der Waals surface area contributed by atoms with E-state index in [0.29, 0.717) is 0 Å². The fourth-order valence-corrected chi connectivity index (χ4v) is 4.57. The Labute approximate surface area is 181 Å². The Bertz CT molecular complexity index is 714. The lowest BCUT2D eigenvalue weighted by molar-refractivity contribution is -0.121. The zero-order valence-corrected chi connectivity index (χ0v) is 18.5. The van der Waals surface area contributed by atoms with Crippen LogP contribution in [0.4, 0.5) is 5.69 Å². The van der Waals surface area contributed by atoms with Crippen LogP contribution in [0.15, 0.2) is 24.3 Å². The highest BCUT2D eigenvalue weighted by atomic mass is 16.5. The number of anilines is 1. The van der Waals surface area contributed by atoms with E-state index in [1.54, 1.807) is 0 Å². The van der Waals surface area contributed by atoms with E-state index in [0.717, 1.165) is 50.7 Å². The fraction of sp³-hybridized carbons (Fsp3) is 0.667. The van der Waals surface area contributed by atoms with Crippen LogP contribution in [0.2, 0.25) is 0 Å². The van der Waals surface area contributed by atoms with Gasteiger partial charge < -0.3 is 15.0 Å². The molecule has 1 aromatic carbocycles. The smallest absolute Gasteiger partial charge is 0.234 e. The molecule has 6 nitrogen and oxygen atoms in total. The Morgan fingerprint density at radius 1 is 1.20 bits per heavy atom. The summed E-state index contributed by atoms with van der Waals surface area (Å²) in [4.78, 5) is 16.6. The lowest BCUT2D eigenvalue weighted by Crippen LogP contribution is -2.47. The van der Waals surface area contributed by atoms with E-state index in [1.165, 1.54) is 31.5 Å². The first-order chi connectivity index (χ1) is 14.5. The maximum atomic E-state index is 11.6. The first-order valence-electron chi connectivity index (χ1n) is 11.4. The van der Waals surface area contributed by atoms with Gasteiger partial charge in [0.25, 0.3) is 0 Å². The maximum Gasteiger partial charge on any atom is 0.234 e. The van der Waals surface area contributed by atoms with Crippen molar-refractivity contribution in [1.82, 2.24) is 10.2 Å². The average Bonchev–Trinajstić information content (AvgIpc) is 2.73. The Morgan fingerprint density at radius 2 is 1.93 bits per heavy atom. The third kappa shape index (κ3) is 6.91. The predicted molar refractivity (Wildman–Crippen MR) is 120 cm³/mol. The van der Waals surface area contributed by atoms with E-state index < -0.39 is 0 Å². The Hall–Kier alpha value is -2.26. The molecule has 0 spiro atoms. The van der Waals surface area contributed by atoms with Gasteiger partial charge in [-0.05, 0) is 70.5 Å². The molecule has 3 rings (SSSR count). The predicted octanol–water partition coefficient (Wildman–Crippen LogP) is 3.57. The summed E-state index contributed by atoms with van der Waals surface area (Å²) in [5, 5.41) is 11.6. The van der Waals surface area contributed by atoms with Crippen LogP contribution in [0.1, 0.15) is 52.4 Å². The van der Waals surface area contributed by atoms with Crippen LogP contribution in [-0.4, -0.2) is 55.7 Å². The normalized spacial score (nSPS) is 22.5. The molecule has 1 saturated carbocycles. The number of hydrogen-bond donors (Lipinski definition) is 1. The minimum atomic E-state index is -0.125. The lowest BCUT2D eigenvalue weighted by atomic mass is 9.84. The van der Waals surface area contributed by atoms with Gasteiger partial charge in [0.2, 0.25) is 5.91 Å². The molecule has 0 unspecified atom stereocenters. The van der Waals surface area contributed by atoms with Crippen molar-refractivity contribution < 1.29 is 9.53 Å². The molecule has 1 heterocycles. The second-order valence-electron chi connectivity index (χ2n) is 8.90. The van der Waals surface area contributed by atoms with E-state index in [9.17, 15) is 4.79 Å². The van der Waals surface area contributed by atoms with Gasteiger partial charge in [-0.3, -0.25) is 9.69 Å². The molecule has 6 heteroatoms. The Balaban J connectivity index is 1.35. The van der Waals surface area contributed by atoms with Crippen molar-refractivity contribution in [2.45, 2.75) is 64.5 Å². The summed E-state index contributed by atoms with van der Waals surface area (Å²) >= 11 is 0. The summed E-state index contributed by atoms with van der Waals surface area (Å²) in [6, 6.07) is 10.6. The van der Waals surface area contributed by atoms with Gasteiger partial charge in [-0.25, -0.2) is 0 Å². The van der Waals surface area contributed by atoms with E-state index in [4.69, 9.17) is 10.00 Å². The number of nitrogens with one attached hydrogen (secondary N) is 1. The summed E-state index contributed by atoms with van der Waals surface area (Å²) in [5.74, 6) is 1.58. The van der Waals surface area contributed by atoms with Crippen molar-refractivity contribution in [3.63, 3.8) is 0 Å². The molecular formula is C24H36N4O2. The lowest BCUT2D eigenvalue weighted by Gasteiger charge is -2.37. The van der Waals surface area contributed by atoms with Crippen LogP contribution in [0.25, 0.3) is 0 Å². The fourth-order valence-electron chi connectivity index (χ4n) is 4.57. The topological polar surface area (TPSA) is 68.6 Å². The summed E-state index contributed by atoms with van der Waals surface area (Å²) < 4.78 is 5.84. The Kier molecular flexibility index (Phi) is 8.39. The van der Waals surface area contributed by atoms with Gasteiger partial charge in [0.15, 0.2) is 0 Å². The number of rotatable bonds is 8. The summed E-state index contributed by atoms with van der Waals surface area (Å²) in [6.45, 7) is 9.61. The largest absolute Gasteiger partial charge is 0.491 e. The molecule has 30 heavy (non-hydrogen) atoms. The van der Waals surface area contributed by atoms with Crippen molar-refractivity contribution >= 4 is 11.6 Å². The van der Waals surface area contributed by atoms with Crippen LogP contribution in [-0.2, 0) is 4.79 Å². The van der Waals surface area contributed by atoms with Crippen LogP contribution in [0.3, 0.4) is 0 Å². The molecule has 1 N–H and O–H groups in total. The van der Waals surface area contributed by atoms with Gasteiger partial charge in [0.1, 0.15) is 12.2 Å². The molecule has 164 valence electrons. The molecule has 1 saturated heterocycles. The number of ether oxygens (including phenoxy) is 1. The van der Waals surface area contributed by atoms with Crippen LogP contribution < -0.4 is 15.0 Å². The van der Waals surface area contributed by atoms with Crippen LogP contribution >= 0.6 is 0 Å². The van der Waals surface area contributed by atoms with Crippen molar-refractivity contribution in [2.24, 2.45) is 5.92 Å². The summed E-state index contributed by atoms with van der Waals surface area (Å²) in [5.41, 5.74) is 1.25. The number of carbonyl (C=O) groups is 1. The highest BCUT2D eigenvalue weighted by Crippen LogP contribution is 2.28. The zero-order valence-electron chi connectivity index (χ0n) is 18.5. The van der Waals surface area contributed by atoms with Gasteiger partial charge >= 0.3 is 0 Å². The first kappa shape index (κ1) is 22.4. The standard InChI is InChI=1S/C24H36N4O2/c1-19(2)30-23-5-3-4-22(18-23)28-16-14-27(15-17-28)13-11-20-6-8-21(9-7-20)26-24(29)10-12-25/h3-5,18-21H,6-11,13-17H2,1-2H3,(H,26,29). The van der Waals surface area contributed by atoms with Crippen molar-refractivity contribution in [1.29, 1.82) is 5.26 Å². The first-order valence-corrected chi connectivity index (χ1v) is 11.4. The van der Waals surface area contributed by atoms with Crippen molar-refractivity contribution in [3.05, 3.63) is 24.3 Å². The maximum absolute atomic E-state index is 11.6. The van der Waals surface area contributed by atoms with Gasteiger partial charge in [-0.15, -0.1) is 0 Å². The number of hydrogen-bond acceptors (Lipinski definition) is 5. The molecule has 0 bridgehead atoms. The number of piperazine rings is 1. The Morgan fingerprint density at radius 3 is 2.60 bits per heavy atom. The molecule has 0 atom stereocenters. The number of amides is 1.